The topological polar surface area (TPSA) is 93.4 Å². The number of aromatic nitrogens is 4. The number of piperidine rings is 1. The van der Waals surface area contributed by atoms with Gasteiger partial charge >= 0.3 is 0 Å². The van der Waals surface area contributed by atoms with E-state index < -0.39 is 10.0 Å². The summed E-state index contributed by atoms with van der Waals surface area (Å²) < 4.78 is 32.6. The first-order valence-electron chi connectivity index (χ1n) is 9.78. The van der Waals surface area contributed by atoms with Crippen LogP contribution < -0.4 is 9.64 Å². The maximum Gasteiger partial charge on any atom is 0.211 e. The first kappa shape index (κ1) is 20.5. The first-order chi connectivity index (χ1) is 14.3. The van der Waals surface area contributed by atoms with E-state index in [1.165, 1.54) is 10.6 Å². The number of pyridine rings is 2. The van der Waals surface area contributed by atoms with Gasteiger partial charge in [0.1, 0.15) is 22.8 Å². The fourth-order valence-corrected chi connectivity index (χ4v) is 4.77. The highest BCUT2D eigenvalue weighted by atomic mass is 32.2. The predicted molar refractivity (Wildman–Crippen MR) is 116 cm³/mol. The summed E-state index contributed by atoms with van der Waals surface area (Å²) in [4.78, 5) is 15.5. The predicted octanol–water partition coefficient (Wildman–Crippen LogP) is 2.28. The Morgan fingerprint density at radius 1 is 1.13 bits per heavy atom. The highest BCUT2D eigenvalue weighted by molar-refractivity contribution is 7.88. The van der Waals surface area contributed by atoms with Crippen molar-refractivity contribution in [1.82, 2.24) is 23.8 Å². The SMILES string of the molecule is COc1cc(C2CCN(S(C)(=O)=O)CC2)ncc1N(C)c1cc2c(cn1)ncn2C. The Kier molecular flexibility index (Phi) is 5.37. The highest BCUT2D eigenvalue weighted by Gasteiger charge is 2.27. The van der Waals surface area contributed by atoms with Crippen LogP contribution >= 0.6 is 0 Å². The van der Waals surface area contributed by atoms with Gasteiger partial charge in [-0.25, -0.2) is 22.7 Å². The van der Waals surface area contributed by atoms with Crippen LogP contribution in [0.15, 0.2) is 30.9 Å². The third kappa shape index (κ3) is 3.84. The van der Waals surface area contributed by atoms with Gasteiger partial charge in [-0.15, -0.1) is 0 Å². The second-order valence-electron chi connectivity index (χ2n) is 7.66. The van der Waals surface area contributed by atoms with Gasteiger partial charge in [-0.1, -0.05) is 0 Å². The molecule has 0 spiro atoms. The third-order valence-corrected chi connectivity index (χ3v) is 7.03. The fraction of sp³-hybridized carbons (Fsp3) is 0.450. The molecule has 0 atom stereocenters. The van der Waals surface area contributed by atoms with Gasteiger partial charge in [0.15, 0.2) is 0 Å². The fourth-order valence-electron chi connectivity index (χ4n) is 3.89. The van der Waals surface area contributed by atoms with E-state index in [0.29, 0.717) is 18.8 Å². The number of ether oxygens (including phenoxy) is 1. The number of nitrogens with zero attached hydrogens (tertiary/aromatic N) is 6. The number of sulfonamides is 1. The Labute approximate surface area is 176 Å². The van der Waals surface area contributed by atoms with E-state index >= 15 is 0 Å². The van der Waals surface area contributed by atoms with Crippen molar-refractivity contribution in [3.63, 3.8) is 0 Å². The summed E-state index contributed by atoms with van der Waals surface area (Å²) in [6.45, 7) is 1.04. The monoisotopic (exact) mass is 430 g/mol. The van der Waals surface area contributed by atoms with E-state index in [0.717, 1.165) is 41.1 Å². The molecule has 0 aromatic carbocycles. The van der Waals surface area contributed by atoms with Gasteiger partial charge in [-0.05, 0) is 12.8 Å². The largest absolute Gasteiger partial charge is 0.494 e. The van der Waals surface area contributed by atoms with E-state index in [1.54, 1.807) is 25.8 Å². The number of anilines is 2. The number of fused-ring (bicyclic) bond motifs is 1. The number of hydrogen-bond donors (Lipinski definition) is 0. The molecule has 9 nitrogen and oxygen atoms in total. The summed E-state index contributed by atoms with van der Waals surface area (Å²) in [5.74, 6) is 1.68. The average molecular weight is 431 g/mol. The van der Waals surface area contributed by atoms with Crippen LogP contribution in [0.2, 0.25) is 0 Å². The zero-order chi connectivity index (χ0) is 21.5. The van der Waals surface area contributed by atoms with Crippen LogP contribution in [-0.4, -0.2) is 65.7 Å². The van der Waals surface area contributed by atoms with Crippen molar-refractivity contribution in [2.45, 2.75) is 18.8 Å². The molecule has 3 aromatic rings. The number of hydrogen-bond acceptors (Lipinski definition) is 7. The highest BCUT2D eigenvalue weighted by Crippen LogP contribution is 2.36. The lowest BCUT2D eigenvalue weighted by Gasteiger charge is -2.30. The summed E-state index contributed by atoms with van der Waals surface area (Å²) in [7, 11) is 2.37. The first-order valence-corrected chi connectivity index (χ1v) is 11.6. The Morgan fingerprint density at radius 2 is 1.87 bits per heavy atom. The van der Waals surface area contributed by atoms with Crippen LogP contribution in [0.25, 0.3) is 11.0 Å². The number of methoxy groups -OCH3 is 1. The molecule has 0 unspecified atom stereocenters. The molecule has 0 radical (unpaired) electrons. The van der Waals surface area contributed by atoms with Gasteiger partial charge in [0, 0.05) is 50.9 Å². The molecule has 0 amide bonds. The van der Waals surface area contributed by atoms with Crippen molar-refractivity contribution in [3.05, 3.63) is 36.5 Å². The van der Waals surface area contributed by atoms with Crippen LogP contribution in [0.3, 0.4) is 0 Å². The number of aryl methyl sites for hydroxylation is 1. The van der Waals surface area contributed by atoms with Gasteiger partial charge < -0.3 is 14.2 Å². The molecule has 160 valence electrons. The molecule has 0 aliphatic carbocycles. The molecule has 4 rings (SSSR count). The number of rotatable bonds is 5. The summed E-state index contributed by atoms with van der Waals surface area (Å²) in [6.07, 6.45) is 8.07. The Bertz CT molecular complexity index is 1170. The Morgan fingerprint density at radius 3 is 2.53 bits per heavy atom. The van der Waals surface area contributed by atoms with Crippen molar-refractivity contribution >= 4 is 32.6 Å². The maximum absolute atomic E-state index is 11.7. The zero-order valence-electron chi connectivity index (χ0n) is 17.6. The normalized spacial score (nSPS) is 16.1. The molecule has 1 fully saturated rings. The molecule has 4 heterocycles. The molecule has 1 aliphatic rings. The van der Waals surface area contributed by atoms with Gasteiger partial charge in [0.05, 0.1) is 37.6 Å². The minimum atomic E-state index is -3.14. The molecule has 3 aromatic heterocycles. The Hall–Kier alpha value is -2.72. The lowest BCUT2D eigenvalue weighted by Crippen LogP contribution is -2.37. The van der Waals surface area contributed by atoms with E-state index in [-0.39, 0.29) is 5.92 Å². The molecule has 10 heteroatoms. The van der Waals surface area contributed by atoms with Crippen molar-refractivity contribution in [2.75, 3.05) is 38.4 Å². The minimum Gasteiger partial charge on any atom is -0.494 e. The summed E-state index contributed by atoms with van der Waals surface area (Å²) in [5, 5.41) is 0. The van der Waals surface area contributed by atoms with E-state index in [4.69, 9.17) is 4.74 Å². The quantitative estimate of drug-likeness (QED) is 0.613. The van der Waals surface area contributed by atoms with Crippen LogP contribution in [0, 0.1) is 0 Å². The van der Waals surface area contributed by atoms with Gasteiger partial charge in [0.2, 0.25) is 10.0 Å². The van der Waals surface area contributed by atoms with Crippen LogP contribution in [0.5, 0.6) is 5.75 Å². The number of imidazole rings is 1. The van der Waals surface area contributed by atoms with Crippen molar-refractivity contribution in [3.8, 4) is 5.75 Å². The van der Waals surface area contributed by atoms with Gasteiger partial charge in [-0.2, -0.15) is 0 Å². The molecule has 0 saturated carbocycles. The molecule has 1 aliphatic heterocycles. The summed E-state index contributed by atoms with van der Waals surface area (Å²) in [6, 6.07) is 3.94. The lowest BCUT2D eigenvalue weighted by molar-refractivity contribution is 0.318. The molecule has 0 N–H and O–H groups in total. The van der Waals surface area contributed by atoms with E-state index in [1.807, 2.05) is 35.7 Å². The molecule has 1 saturated heterocycles. The zero-order valence-corrected chi connectivity index (χ0v) is 18.4. The smallest absolute Gasteiger partial charge is 0.211 e. The van der Waals surface area contributed by atoms with Crippen LogP contribution in [-0.2, 0) is 17.1 Å². The van der Waals surface area contributed by atoms with Crippen molar-refractivity contribution < 1.29 is 13.2 Å². The molecule has 0 bridgehead atoms. The molecule has 30 heavy (non-hydrogen) atoms. The standard InChI is InChI=1S/C20H26N6O3S/c1-24-13-23-16-11-22-20(10-17(16)24)25(2)18-12-21-15(9-19(18)29-3)14-5-7-26(8-6-14)30(4,27)28/h9-14H,5-8H2,1-4H3. The van der Waals surface area contributed by atoms with E-state index in [9.17, 15) is 8.42 Å². The van der Waals surface area contributed by atoms with Crippen molar-refractivity contribution in [1.29, 1.82) is 0 Å². The van der Waals surface area contributed by atoms with Crippen LogP contribution in [0.4, 0.5) is 11.5 Å². The lowest BCUT2D eigenvalue weighted by atomic mass is 9.94. The summed E-state index contributed by atoms with van der Waals surface area (Å²) >= 11 is 0. The Balaban J connectivity index is 1.58. The average Bonchev–Trinajstić information content (AvgIpc) is 3.12. The van der Waals surface area contributed by atoms with Crippen molar-refractivity contribution in [2.24, 2.45) is 7.05 Å². The third-order valence-electron chi connectivity index (χ3n) is 5.73. The minimum absolute atomic E-state index is 0.208. The van der Waals surface area contributed by atoms with Gasteiger partial charge in [-0.3, -0.25) is 4.98 Å². The van der Waals surface area contributed by atoms with Crippen LogP contribution in [0.1, 0.15) is 24.5 Å². The second-order valence-corrected chi connectivity index (χ2v) is 9.65. The molecular weight excluding hydrogens is 404 g/mol. The van der Waals surface area contributed by atoms with E-state index in [2.05, 4.69) is 15.0 Å². The second kappa shape index (κ2) is 7.84. The summed E-state index contributed by atoms with van der Waals surface area (Å²) in [5.41, 5.74) is 3.57. The molecular formula is C20H26N6O3S. The maximum atomic E-state index is 11.7. The van der Waals surface area contributed by atoms with Gasteiger partial charge in [0.25, 0.3) is 0 Å².